The third kappa shape index (κ3) is 3.98. The maximum absolute atomic E-state index is 11.5. The number of hydrogen-bond acceptors (Lipinski definition) is 5. The zero-order valence-corrected chi connectivity index (χ0v) is 12.9. The number of carboxylic acids is 1. The average molecular weight is 293 g/mol. The maximum Gasteiger partial charge on any atom is 0.320 e. The Labute approximate surface area is 125 Å². The number of fused-ring (bicyclic) bond motifs is 1. The van der Waals surface area contributed by atoms with E-state index in [0.29, 0.717) is 31.3 Å². The molecule has 0 radical (unpaired) electrons. The molecule has 0 amide bonds. The van der Waals surface area contributed by atoms with Crippen LogP contribution in [0.4, 0.5) is 0 Å². The molecule has 116 valence electrons. The molecule has 1 aliphatic heterocycles. The summed E-state index contributed by atoms with van der Waals surface area (Å²) >= 11 is 0. The summed E-state index contributed by atoms with van der Waals surface area (Å²) in [5.74, 6) is 0.290. The molecule has 1 unspecified atom stereocenters. The van der Waals surface area contributed by atoms with E-state index in [-0.39, 0.29) is 0 Å². The molecule has 0 fully saturated rings. The molecule has 1 aromatic heterocycles. The van der Waals surface area contributed by atoms with Crippen molar-refractivity contribution in [2.75, 3.05) is 13.7 Å². The molecule has 0 aromatic carbocycles. The van der Waals surface area contributed by atoms with Gasteiger partial charge in [-0.3, -0.25) is 9.69 Å². The quantitative estimate of drug-likeness (QED) is 0.856. The van der Waals surface area contributed by atoms with Crippen LogP contribution in [0.3, 0.4) is 0 Å². The van der Waals surface area contributed by atoms with E-state index in [4.69, 9.17) is 4.74 Å². The molecular weight excluding hydrogens is 270 g/mol. The van der Waals surface area contributed by atoms with E-state index in [2.05, 4.69) is 9.97 Å². The second kappa shape index (κ2) is 6.95. The summed E-state index contributed by atoms with van der Waals surface area (Å²) < 4.78 is 5.04. The minimum Gasteiger partial charge on any atom is -0.480 e. The Morgan fingerprint density at radius 1 is 1.52 bits per heavy atom. The first-order valence-electron chi connectivity index (χ1n) is 7.30. The van der Waals surface area contributed by atoms with Gasteiger partial charge in [0, 0.05) is 44.1 Å². The fourth-order valence-corrected chi connectivity index (χ4v) is 2.70. The number of aliphatic carboxylic acids is 1. The zero-order valence-electron chi connectivity index (χ0n) is 12.9. The van der Waals surface area contributed by atoms with Gasteiger partial charge in [-0.05, 0) is 12.3 Å². The lowest BCUT2D eigenvalue weighted by atomic mass is 9.99. The molecule has 0 saturated carbocycles. The van der Waals surface area contributed by atoms with Crippen LogP contribution in [0.25, 0.3) is 0 Å². The van der Waals surface area contributed by atoms with E-state index in [1.54, 1.807) is 13.3 Å². The summed E-state index contributed by atoms with van der Waals surface area (Å²) in [6, 6.07) is -0.434. The van der Waals surface area contributed by atoms with Gasteiger partial charge in [0.05, 0.1) is 0 Å². The summed E-state index contributed by atoms with van der Waals surface area (Å²) in [5, 5.41) is 9.45. The van der Waals surface area contributed by atoms with Crippen LogP contribution in [-0.4, -0.2) is 45.6 Å². The van der Waals surface area contributed by atoms with Crippen molar-refractivity contribution in [1.82, 2.24) is 14.9 Å². The van der Waals surface area contributed by atoms with Crippen LogP contribution in [-0.2, 0) is 29.1 Å². The second-order valence-electron chi connectivity index (χ2n) is 5.90. The average Bonchev–Trinajstić information content (AvgIpc) is 2.44. The molecular formula is C15H23N3O3. The highest BCUT2D eigenvalue weighted by Crippen LogP contribution is 2.22. The maximum atomic E-state index is 11.5. The monoisotopic (exact) mass is 293 g/mol. The van der Waals surface area contributed by atoms with Crippen LogP contribution in [0.5, 0.6) is 0 Å². The summed E-state index contributed by atoms with van der Waals surface area (Å²) in [5.41, 5.74) is 2.04. The number of nitrogens with zero attached hydrogens (tertiary/aromatic N) is 3. The second-order valence-corrected chi connectivity index (χ2v) is 5.90. The van der Waals surface area contributed by atoms with Gasteiger partial charge >= 0.3 is 5.97 Å². The minimum atomic E-state index is -0.746. The fraction of sp³-hybridized carbons (Fsp3) is 0.667. The van der Waals surface area contributed by atoms with E-state index in [0.717, 1.165) is 24.2 Å². The summed E-state index contributed by atoms with van der Waals surface area (Å²) in [6.07, 6.45) is 3.22. The Hall–Kier alpha value is -1.53. The Kier molecular flexibility index (Phi) is 5.25. The molecule has 6 heteroatoms. The lowest BCUT2D eigenvalue weighted by molar-refractivity contribution is -0.144. The summed E-state index contributed by atoms with van der Waals surface area (Å²) in [7, 11) is 1.62. The van der Waals surface area contributed by atoms with E-state index in [1.165, 1.54) is 0 Å². The Morgan fingerprint density at radius 3 is 2.90 bits per heavy atom. The molecule has 1 aromatic rings. The van der Waals surface area contributed by atoms with Crippen molar-refractivity contribution < 1.29 is 14.6 Å². The third-order valence-electron chi connectivity index (χ3n) is 3.71. The van der Waals surface area contributed by atoms with Gasteiger partial charge in [0.15, 0.2) is 5.82 Å². The van der Waals surface area contributed by atoms with Gasteiger partial charge in [-0.1, -0.05) is 13.8 Å². The third-order valence-corrected chi connectivity index (χ3v) is 3.71. The van der Waals surface area contributed by atoms with E-state index < -0.39 is 12.0 Å². The highest BCUT2D eigenvalue weighted by molar-refractivity contribution is 5.73. The fourth-order valence-electron chi connectivity index (χ4n) is 2.70. The largest absolute Gasteiger partial charge is 0.480 e. The number of ether oxygens (including phenoxy) is 1. The van der Waals surface area contributed by atoms with Crippen molar-refractivity contribution in [2.24, 2.45) is 5.92 Å². The van der Waals surface area contributed by atoms with Gasteiger partial charge < -0.3 is 9.84 Å². The predicted molar refractivity (Wildman–Crippen MR) is 77.7 cm³/mol. The van der Waals surface area contributed by atoms with Crippen molar-refractivity contribution in [3.05, 3.63) is 23.3 Å². The van der Waals surface area contributed by atoms with Gasteiger partial charge in [0.2, 0.25) is 0 Å². The van der Waals surface area contributed by atoms with Crippen LogP contribution >= 0.6 is 0 Å². The van der Waals surface area contributed by atoms with Crippen molar-refractivity contribution >= 4 is 5.97 Å². The van der Waals surface area contributed by atoms with Crippen LogP contribution < -0.4 is 0 Å². The summed E-state index contributed by atoms with van der Waals surface area (Å²) in [6.45, 7) is 5.83. The lowest BCUT2D eigenvalue weighted by Crippen LogP contribution is -2.45. The highest BCUT2D eigenvalue weighted by atomic mass is 16.5. The number of rotatable bonds is 6. The normalized spacial score (nSPS) is 16.8. The molecule has 0 bridgehead atoms. The Morgan fingerprint density at radius 2 is 2.29 bits per heavy atom. The number of methoxy groups -OCH3 is 1. The van der Waals surface area contributed by atoms with Crippen molar-refractivity contribution in [3.8, 4) is 0 Å². The number of carbonyl (C=O) groups is 1. The molecule has 6 nitrogen and oxygen atoms in total. The van der Waals surface area contributed by atoms with Gasteiger partial charge in [0.1, 0.15) is 12.6 Å². The number of hydrogen-bond donors (Lipinski definition) is 1. The molecule has 2 heterocycles. The van der Waals surface area contributed by atoms with Crippen LogP contribution in [0, 0.1) is 5.92 Å². The van der Waals surface area contributed by atoms with E-state index in [1.807, 2.05) is 18.7 Å². The van der Waals surface area contributed by atoms with Gasteiger partial charge in [-0.15, -0.1) is 0 Å². The van der Waals surface area contributed by atoms with Crippen molar-refractivity contribution in [1.29, 1.82) is 0 Å². The molecule has 2 rings (SSSR count). The topological polar surface area (TPSA) is 75.6 Å². The first kappa shape index (κ1) is 15.9. The van der Waals surface area contributed by atoms with E-state index in [9.17, 15) is 9.90 Å². The predicted octanol–water partition coefficient (Wildman–Crippen LogP) is 1.48. The smallest absolute Gasteiger partial charge is 0.320 e. The standard InChI is InChI=1S/C15H23N3O3/c1-10(2)6-13(15(19)20)18-5-4-12-11(8-18)7-16-14(17-12)9-21-3/h7,10,13H,4-6,8-9H2,1-3H3,(H,19,20). The van der Waals surface area contributed by atoms with Crippen LogP contribution in [0.15, 0.2) is 6.20 Å². The van der Waals surface area contributed by atoms with Crippen LogP contribution in [0.2, 0.25) is 0 Å². The highest BCUT2D eigenvalue weighted by Gasteiger charge is 2.29. The van der Waals surface area contributed by atoms with Crippen molar-refractivity contribution in [3.63, 3.8) is 0 Å². The first-order valence-corrected chi connectivity index (χ1v) is 7.30. The lowest BCUT2D eigenvalue weighted by Gasteiger charge is -2.33. The Balaban J connectivity index is 2.12. The molecule has 0 saturated heterocycles. The molecule has 21 heavy (non-hydrogen) atoms. The molecule has 0 aliphatic carbocycles. The van der Waals surface area contributed by atoms with Crippen molar-refractivity contribution in [2.45, 2.75) is 45.9 Å². The molecule has 1 N–H and O–H groups in total. The van der Waals surface area contributed by atoms with E-state index >= 15 is 0 Å². The molecule has 1 aliphatic rings. The summed E-state index contributed by atoms with van der Waals surface area (Å²) in [4.78, 5) is 22.3. The number of aromatic nitrogens is 2. The first-order chi connectivity index (χ1) is 10.0. The Bertz CT molecular complexity index is 505. The van der Waals surface area contributed by atoms with Gasteiger partial charge in [-0.2, -0.15) is 0 Å². The SMILES string of the molecule is COCc1ncc2c(n1)CCN(C(CC(C)C)C(=O)O)C2. The van der Waals surface area contributed by atoms with Crippen LogP contribution in [0.1, 0.15) is 37.4 Å². The minimum absolute atomic E-state index is 0.354. The van der Waals surface area contributed by atoms with Gasteiger partial charge in [0.25, 0.3) is 0 Å². The number of carboxylic acid groups (broad SMARTS) is 1. The molecule has 0 spiro atoms. The van der Waals surface area contributed by atoms with Gasteiger partial charge in [-0.25, -0.2) is 9.97 Å². The molecule has 1 atom stereocenters. The zero-order chi connectivity index (χ0) is 15.4.